The van der Waals surface area contributed by atoms with Gasteiger partial charge in [-0.1, -0.05) is 53.5 Å². The molecule has 0 unspecified atom stereocenters. The standard InChI is InChI=1S/C24H19Cl2N3O3/c1-15-6-11-20(19(26)12-15)27-22(30)14-28-21-5-3-2-4-18(21)23(31)29(24(28)32)13-16-7-9-17(25)10-8-16/h2-12H,13-14H2,1H3,(H,27,30). The van der Waals surface area contributed by atoms with Gasteiger partial charge in [0.2, 0.25) is 5.91 Å². The lowest BCUT2D eigenvalue weighted by Gasteiger charge is -2.15. The number of benzene rings is 3. The largest absolute Gasteiger partial charge is 0.332 e. The maximum absolute atomic E-state index is 13.3. The first kappa shape index (κ1) is 21.9. The summed E-state index contributed by atoms with van der Waals surface area (Å²) in [6.45, 7) is 1.68. The van der Waals surface area contributed by atoms with Crippen molar-refractivity contribution in [1.29, 1.82) is 0 Å². The zero-order valence-corrected chi connectivity index (χ0v) is 18.7. The molecule has 0 saturated heterocycles. The Balaban J connectivity index is 1.74. The lowest BCUT2D eigenvalue weighted by molar-refractivity contribution is -0.116. The van der Waals surface area contributed by atoms with E-state index in [2.05, 4.69) is 5.32 Å². The van der Waals surface area contributed by atoms with Crippen molar-refractivity contribution in [3.8, 4) is 0 Å². The number of halogens is 2. The van der Waals surface area contributed by atoms with E-state index in [9.17, 15) is 14.4 Å². The third kappa shape index (κ3) is 4.47. The van der Waals surface area contributed by atoms with Crippen LogP contribution in [0.2, 0.25) is 10.0 Å². The second kappa shape index (κ2) is 9.02. The molecule has 0 fully saturated rings. The van der Waals surface area contributed by atoms with Gasteiger partial charge in [-0.05, 0) is 54.4 Å². The molecule has 0 aliphatic carbocycles. The number of hydrogen-bond acceptors (Lipinski definition) is 3. The molecule has 8 heteroatoms. The Morgan fingerprint density at radius 1 is 0.938 bits per heavy atom. The molecule has 1 aromatic heterocycles. The first-order valence-corrected chi connectivity index (χ1v) is 10.6. The lowest BCUT2D eigenvalue weighted by atomic mass is 10.2. The summed E-state index contributed by atoms with van der Waals surface area (Å²) in [5.74, 6) is -0.431. The number of aromatic nitrogens is 2. The van der Waals surface area contributed by atoms with E-state index >= 15 is 0 Å². The number of carbonyl (C=O) groups is 1. The van der Waals surface area contributed by atoms with Gasteiger partial charge < -0.3 is 5.32 Å². The molecular weight excluding hydrogens is 449 g/mol. The fourth-order valence-electron chi connectivity index (χ4n) is 3.49. The molecule has 1 heterocycles. The van der Waals surface area contributed by atoms with Gasteiger partial charge >= 0.3 is 5.69 Å². The van der Waals surface area contributed by atoms with Crippen molar-refractivity contribution in [2.45, 2.75) is 20.0 Å². The van der Waals surface area contributed by atoms with Crippen LogP contribution in [0.15, 0.2) is 76.3 Å². The number of para-hydroxylation sites is 1. The molecular formula is C24H19Cl2N3O3. The van der Waals surface area contributed by atoms with Crippen LogP contribution in [0.25, 0.3) is 10.9 Å². The molecule has 6 nitrogen and oxygen atoms in total. The van der Waals surface area contributed by atoms with Crippen molar-refractivity contribution in [2.75, 3.05) is 5.32 Å². The summed E-state index contributed by atoms with van der Waals surface area (Å²) in [5.41, 5.74) is 1.55. The number of rotatable bonds is 5. The quantitative estimate of drug-likeness (QED) is 0.470. The highest BCUT2D eigenvalue weighted by molar-refractivity contribution is 6.33. The van der Waals surface area contributed by atoms with Gasteiger partial charge in [-0.25, -0.2) is 4.79 Å². The summed E-state index contributed by atoms with van der Waals surface area (Å²) in [7, 11) is 0. The molecule has 4 aromatic rings. The molecule has 4 rings (SSSR count). The highest BCUT2D eigenvalue weighted by atomic mass is 35.5. The maximum atomic E-state index is 13.3. The van der Waals surface area contributed by atoms with Crippen LogP contribution in [0.5, 0.6) is 0 Å². The molecule has 162 valence electrons. The minimum absolute atomic E-state index is 0.0606. The number of nitrogens with zero attached hydrogens (tertiary/aromatic N) is 2. The SMILES string of the molecule is Cc1ccc(NC(=O)Cn2c(=O)n(Cc3ccc(Cl)cc3)c(=O)c3ccccc32)c(Cl)c1. The first-order valence-electron chi connectivity index (χ1n) is 9.86. The van der Waals surface area contributed by atoms with Gasteiger partial charge in [0.15, 0.2) is 0 Å². The maximum Gasteiger partial charge on any atom is 0.332 e. The van der Waals surface area contributed by atoms with Crippen LogP contribution in [0.4, 0.5) is 5.69 Å². The Morgan fingerprint density at radius 3 is 2.38 bits per heavy atom. The summed E-state index contributed by atoms with van der Waals surface area (Å²) < 4.78 is 2.42. The average Bonchev–Trinajstić information content (AvgIpc) is 2.77. The topological polar surface area (TPSA) is 73.1 Å². The lowest BCUT2D eigenvalue weighted by Crippen LogP contribution is -2.42. The summed E-state index contributed by atoms with van der Waals surface area (Å²) in [5, 5.41) is 4.05. The van der Waals surface area contributed by atoms with Crippen molar-refractivity contribution in [2.24, 2.45) is 0 Å². The van der Waals surface area contributed by atoms with Crippen molar-refractivity contribution >= 4 is 45.7 Å². The van der Waals surface area contributed by atoms with Crippen LogP contribution in [-0.2, 0) is 17.9 Å². The third-order valence-electron chi connectivity index (χ3n) is 5.09. The average molecular weight is 468 g/mol. The fraction of sp³-hybridized carbons (Fsp3) is 0.125. The van der Waals surface area contributed by atoms with Crippen LogP contribution in [0, 0.1) is 6.92 Å². The van der Waals surface area contributed by atoms with Crippen LogP contribution in [0.3, 0.4) is 0 Å². The van der Waals surface area contributed by atoms with Crippen molar-refractivity contribution < 1.29 is 4.79 Å². The number of aryl methyl sites for hydroxylation is 1. The van der Waals surface area contributed by atoms with E-state index < -0.39 is 17.2 Å². The number of amides is 1. The highest BCUT2D eigenvalue weighted by Crippen LogP contribution is 2.22. The molecule has 0 saturated carbocycles. The molecule has 0 bridgehead atoms. The monoisotopic (exact) mass is 467 g/mol. The van der Waals surface area contributed by atoms with Gasteiger partial charge in [0.1, 0.15) is 6.54 Å². The molecule has 32 heavy (non-hydrogen) atoms. The van der Waals surface area contributed by atoms with E-state index in [1.807, 2.05) is 13.0 Å². The number of anilines is 1. The fourth-order valence-corrected chi connectivity index (χ4v) is 3.90. The molecule has 0 radical (unpaired) electrons. The Bertz CT molecular complexity index is 1440. The van der Waals surface area contributed by atoms with Gasteiger partial charge in [-0.3, -0.25) is 18.7 Å². The number of nitrogens with one attached hydrogen (secondary N) is 1. The predicted molar refractivity (Wildman–Crippen MR) is 128 cm³/mol. The second-order valence-corrected chi connectivity index (χ2v) is 8.28. The Morgan fingerprint density at radius 2 is 1.66 bits per heavy atom. The van der Waals surface area contributed by atoms with E-state index in [0.29, 0.717) is 26.6 Å². The van der Waals surface area contributed by atoms with Crippen molar-refractivity contribution in [3.05, 3.63) is 109 Å². The molecule has 0 aliphatic heterocycles. The second-order valence-electron chi connectivity index (χ2n) is 7.44. The van der Waals surface area contributed by atoms with E-state index in [4.69, 9.17) is 23.2 Å². The van der Waals surface area contributed by atoms with Crippen molar-refractivity contribution in [3.63, 3.8) is 0 Å². The van der Waals surface area contributed by atoms with E-state index in [1.54, 1.807) is 60.7 Å². The first-order chi connectivity index (χ1) is 15.3. The highest BCUT2D eigenvalue weighted by Gasteiger charge is 2.16. The molecule has 3 aromatic carbocycles. The molecule has 0 atom stereocenters. The predicted octanol–water partition coefficient (Wildman–Crippen LogP) is 4.47. The van der Waals surface area contributed by atoms with Gasteiger partial charge in [-0.2, -0.15) is 0 Å². The molecule has 1 amide bonds. The molecule has 0 spiro atoms. The zero-order valence-electron chi connectivity index (χ0n) is 17.1. The minimum Gasteiger partial charge on any atom is -0.323 e. The Kier molecular flexibility index (Phi) is 6.17. The molecule has 1 N–H and O–H groups in total. The number of carbonyl (C=O) groups excluding carboxylic acids is 1. The summed E-state index contributed by atoms with van der Waals surface area (Å²) >= 11 is 12.1. The van der Waals surface area contributed by atoms with E-state index in [-0.39, 0.29) is 13.1 Å². The summed E-state index contributed by atoms with van der Waals surface area (Å²) in [6, 6.07) is 18.9. The zero-order chi connectivity index (χ0) is 22.8. The van der Waals surface area contributed by atoms with Gasteiger partial charge in [0.25, 0.3) is 5.56 Å². The third-order valence-corrected chi connectivity index (χ3v) is 5.65. The van der Waals surface area contributed by atoms with Crippen molar-refractivity contribution in [1.82, 2.24) is 9.13 Å². The molecule has 0 aliphatic rings. The van der Waals surface area contributed by atoms with Gasteiger partial charge in [0.05, 0.1) is 28.2 Å². The van der Waals surface area contributed by atoms with E-state index in [0.717, 1.165) is 15.7 Å². The van der Waals surface area contributed by atoms with Gasteiger partial charge in [-0.15, -0.1) is 0 Å². The Labute approximate surface area is 193 Å². The number of hydrogen-bond donors (Lipinski definition) is 1. The normalized spacial score (nSPS) is 11.0. The number of fused-ring (bicyclic) bond motifs is 1. The van der Waals surface area contributed by atoms with Crippen LogP contribution < -0.4 is 16.6 Å². The van der Waals surface area contributed by atoms with Crippen LogP contribution in [-0.4, -0.2) is 15.0 Å². The van der Waals surface area contributed by atoms with E-state index in [1.165, 1.54) is 4.57 Å². The van der Waals surface area contributed by atoms with Gasteiger partial charge in [0, 0.05) is 5.02 Å². The minimum atomic E-state index is -0.575. The smallest absolute Gasteiger partial charge is 0.323 e. The Hall–Kier alpha value is -3.35. The van der Waals surface area contributed by atoms with Crippen LogP contribution in [0.1, 0.15) is 11.1 Å². The summed E-state index contributed by atoms with van der Waals surface area (Å²) in [4.78, 5) is 39.1. The van der Waals surface area contributed by atoms with Crippen LogP contribution >= 0.6 is 23.2 Å². The summed E-state index contributed by atoms with van der Waals surface area (Å²) in [6.07, 6.45) is 0.